The van der Waals surface area contributed by atoms with Crippen LogP contribution in [-0.4, -0.2) is 42.5 Å². The van der Waals surface area contributed by atoms with Gasteiger partial charge in [-0.15, -0.1) is 0 Å². The second-order valence-corrected chi connectivity index (χ2v) is 8.23. The largest absolute Gasteiger partial charge is 0.494 e. The van der Waals surface area contributed by atoms with E-state index < -0.39 is 0 Å². The number of nitrogens with zero attached hydrogens (tertiary/aromatic N) is 2. The minimum atomic E-state index is -0.311. The first-order valence-corrected chi connectivity index (χ1v) is 10.5. The molecule has 0 radical (unpaired) electrons. The topological polar surface area (TPSA) is 32.8 Å². The summed E-state index contributed by atoms with van der Waals surface area (Å²) in [7, 11) is 1.48. The van der Waals surface area contributed by atoms with E-state index in [0.717, 1.165) is 57.5 Å². The van der Waals surface area contributed by atoms with Crippen LogP contribution >= 0.6 is 0 Å². The average Bonchev–Trinajstić information content (AvgIpc) is 2.75. The van der Waals surface area contributed by atoms with Crippen molar-refractivity contribution in [3.8, 4) is 5.75 Å². The van der Waals surface area contributed by atoms with E-state index in [1.165, 1.54) is 18.2 Å². The molecule has 29 heavy (non-hydrogen) atoms. The Morgan fingerprint density at radius 3 is 2.59 bits per heavy atom. The highest BCUT2D eigenvalue weighted by molar-refractivity contribution is 5.76. The zero-order valence-electron chi connectivity index (χ0n) is 17.1. The van der Waals surface area contributed by atoms with Gasteiger partial charge in [0.15, 0.2) is 11.6 Å². The van der Waals surface area contributed by atoms with Crippen molar-refractivity contribution in [1.82, 2.24) is 9.80 Å². The number of benzene rings is 2. The van der Waals surface area contributed by atoms with Crippen molar-refractivity contribution in [3.63, 3.8) is 0 Å². The SMILES string of the molecule is COc1ccc(CN2CCC(CC(=O)N3CCc4ccccc4C3)CC2)cc1F. The fourth-order valence-electron chi connectivity index (χ4n) is 4.50. The Kier molecular flexibility index (Phi) is 6.14. The molecule has 0 spiro atoms. The molecule has 0 N–H and O–H groups in total. The Morgan fingerprint density at radius 2 is 1.86 bits per heavy atom. The van der Waals surface area contributed by atoms with Crippen LogP contribution in [0.5, 0.6) is 5.75 Å². The summed E-state index contributed by atoms with van der Waals surface area (Å²) in [5.74, 6) is 0.707. The molecule has 0 aliphatic carbocycles. The molecule has 0 aromatic heterocycles. The molecule has 0 saturated carbocycles. The molecule has 0 bridgehead atoms. The van der Waals surface area contributed by atoms with Gasteiger partial charge in [0.2, 0.25) is 5.91 Å². The zero-order valence-corrected chi connectivity index (χ0v) is 17.1. The van der Waals surface area contributed by atoms with Gasteiger partial charge in [0, 0.05) is 26.1 Å². The van der Waals surface area contributed by atoms with Crippen molar-refractivity contribution < 1.29 is 13.9 Å². The zero-order chi connectivity index (χ0) is 20.2. The van der Waals surface area contributed by atoms with Gasteiger partial charge in [0.25, 0.3) is 0 Å². The summed E-state index contributed by atoms with van der Waals surface area (Å²) in [5, 5.41) is 0. The first-order chi connectivity index (χ1) is 14.1. The number of piperidine rings is 1. The number of likely N-dealkylation sites (tertiary alicyclic amines) is 1. The lowest BCUT2D eigenvalue weighted by atomic mass is 9.92. The number of halogens is 1. The van der Waals surface area contributed by atoms with Crippen LogP contribution in [0.4, 0.5) is 4.39 Å². The third kappa shape index (κ3) is 4.78. The van der Waals surface area contributed by atoms with E-state index in [9.17, 15) is 9.18 Å². The maximum Gasteiger partial charge on any atom is 0.223 e. The third-order valence-electron chi connectivity index (χ3n) is 6.28. The molecule has 1 amide bonds. The highest BCUT2D eigenvalue weighted by atomic mass is 19.1. The van der Waals surface area contributed by atoms with Crippen LogP contribution in [0.3, 0.4) is 0 Å². The monoisotopic (exact) mass is 396 g/mol. The molecular formula is C24H29FN2O2. The molecule has 4 nitrogen and oxygen atoms in total. The molecule has 2 aliphatic rings. The lowest BCUT2D eigenvalue weighted by Gasteiger charge is -2.34. The molecule has 2 aliphatic heterocycles. The number of methoxy groups -OCH3 is 1. The van der Waals surface area contributed by atoms with Gasteiger partial charge in [0.05, 0.1) is 7.11 Å². The first kappa shape index (κ1) is 19.9. The summed E-state index contributed by atoms with van der Waals surface area (Å²) in [6, 6.07) is 13.6. The minimum absolute atomic E-state index is 0.284. The number of carbonyl (C=O) groups is 1. The van der Waals surface area contributed by atoms with E-state index in [1.54, 1.807) is 12.1 Å². The Bertz CT molecular complexity index is 862. The van der Waals surface area contributed by atoms with Crippen LogP contribution in [0.1, 0.15) is 36.0 Å². The van der Waals surface area contributed by atoms with Gasteiger partial charge in [-0.3, -0.25) is 9.69 Å². The number of fused-ring (bicyclic) bond motifs is 1. The fraction of sp³-hybridized carbons (Fsp3) is 0.458. The number of hydrogen-bond acceptors (Lipinski definition) is 3. The van der Waals surface area contributed by atoms with Crippen molar-refractivity contribution in [2.75, 3.05) is 26.7 Å². The van der Waals surface area contributed by atoms with Crippen molar-refractivity contribution in [3.05, 3.63) is 65.0 Å². The van der Waals surface area contributed by atoms with Crippen LogP contribution in [0.15, 0.2) is 42.5 Å². The van der Waals surface area contributed by atoms with Crippen molar-refractivity contribution in [2.45, 2.75) is 38.8 Å². The smallest absolute Gasteiger partial charge is 0.223 e. The van der Waals surface area contributed by atoms with Gasteiger partial charge in [-0.2, -0.15) is 0 Å². The van der Waals surface area contributed by atoms with Crippen LogP contribution in [0.2, 0.25) is 0 Å². The second-order valence-electron chi connectivity index (χ2n) is 8.23. The summed E-state index contributed by atoms with van der Waals surface area (Å²) in [6.07, 6.45) is 3.65. The number of ether oxygens (including phenoxy) is 1. The molecular weight excluding hydrogens is 367 g/mol. The second kappa shape index (κ2) is 8.95. The van der Waals surface area contributed by atoms with Gasteiger partial charge < -0.3 is 9.64 Å². The van der Waals surface area contributed by atoms with Crippen molar-refractivity contribution in [1.29, 1.82) is 0 Å². The van der Waals surface area contributed by atoms with Crippen LogP contribution in [0, 0.1) is 11.7 Å². The Hall–Kier alpha value is -2.40. The summed E-state index contributed by atoms with van der Waals surface area (Å²) in [4.78, 5) is 17.2. The maximum atomic E-state index is 13.9. The van der Waals surface area contributed by atoms with E-state index >= 15 is 0 Å². The molecule has 0 atom stereocenters. The van der Waals surface area contributed by atoms with Gasteiger partial charge in [-0.1, -0.05) is 30.3 Å². The molecule has 2 heterocycles. The maximum absolute atomic E-state index is 13.9. The van der Waals surface area contributed by atoms with Gasteiger partial charge in [0.1, 0.15) is 0 Å². The number of hydrogen-bond donors (Lipinski definition) is 0. The summed E-state index contributed by atoms with van der Waals surface area (Å²) >= 11 is 0. The van der Waals surface area contributed by atoms with E-state index in [1.807, 2.05) is 11.0 Å². The molecule has 5 heteroatoms. The molecule has 2 aromatic carbocycles. The lowest BCUT2D eigenvalue weighted by molar-refractivity contribution is -0.133. The molecule has 1 fully saturated rings. The first-order valence-electron chi connectivity index (χ1n) is 10.5. The van der Waals surface area contributed by atoms with Gasteiger partial charge >= 0.3 is 0 Å². The van der Waals surface area contributed by atoms with Crippen LogP contribution < -0.4 is 4.74 Å². The minimum Gasteiger partial charge on any atom is -0.494 e. The van der Waals surface area contributed by atoms with E-state index in [0.29, 0.717) is 12.3 Å². The van der Waals surface area contributed by atoms with E-state index in [-0.39, 0.29) is 17.5 Å². The number of amides is 1. The van der Waals surface area contributed by atoms with Crippen LogP contribution in [0.25, 0.3) is 0 Å². The predicted octanol–water partition coefficient (Wildman–Crippen LogP) is 4.02. The van der Waals surface area contributed by atoms with E-state index in [4.69, 9.17) is 4.74 Å². The summed E-state index contributed by atoms with van der Waals surface area (Å²) in [5.41, 5.74) is 3.62. The summed E-state index contributed by atoms with van der Waals surface area (Å²) < 4.78 is 18.9. The molecule has 154 valence electrons. The fourth-order valence-corrected chi connectivity index (χ4v) is 4.50. The van der Waals surface area contributed by atoms with E-state index in [2.05, 4.69) is 29.2 Å². The third-order valence-corrected chi connectivity index (χ3v) is 6.28. The highest BCUT2D eigenvalue weighted by Crippen LogP contribution is 2.26. The Morgan fingerprint density at radius 1 is 1.10 bits per heavy atom. The van der Waals surface area contributed by atoms with Crippen LogP contribution in [-0.2, 0) is 24.3 Å². The Labute approximate surface area is 172 Å². The standard InChI is InChI=1S/C24H29FN2O2/c1-29-23-7-6-19(14-22(23)25)16-26-11-8-18(9-12-26)15-24(28)27-13-10-20-4-2-3-5-21(20)17-27/h2-7,14,18H,8-13,15-17H2,1H3. The lowest BCUT2D eigenvalue weighted by Crippen LogP contribution is -2.39. The van der Waals surface area contributed by atoms with Crippen molar-refractivity contribution in [2.24, 2.45) is 5.92 Å². The number of carbonyl (C=O) groups excluding carboxylic acids is 1. The highest BCUT2D eigenvalue weighted by Gasteiger charge is 2.26. The normalized spacial score (nSPS) is 17.8. The Balaban J connectivity index is 1.25. The predicted molar refractivity (Wildman–Crippen MR) is 111 cm³/mol. The molecule has 4 rings (SSSR count). The molecule has 2 aromatic rings. The molecule has 1 saturated heterocycles. The number of rotatable bonds is 5. The quantitative estimate of drug-likeness (QED) is 0.765. The van der Waals surface area contributed by atoms with Gasteiger partial charge in [-0.25, -0.2) is 4.39 Å². The van der Waals surface area contributed by atoms with Gasteiger partial charge in [-0.05, 0) is 67.1 Å². The van der Waals surface area contributed by atoms with Crippen molar-refractivity contribution >= 4 is 5.91 Å². The molecule has 0 unspecified atom stereocenters. The average molecular weight is 397 g/mol. The summed E-state index contributed by atoms with van der Waals surface area (Å²) in [6.45, 7) is 4.22.